The molecular weight excluding hydrogens is 306 g/mol. The number of hydrogen-bond donors (Lipinski definition) is 2. The van der Waals surface area contributed by atoms with Crippen LogP contribution in [0, 0.1) is 19.8 Å². The summed E-state index contributed by atoms with van der Waals surface area (Å²) in [5.74, 6) is 1.23. The van der Waals surface area contributed by atoms with Gasteiger partial charge in [0.15, 0.2) is 5.65 Å². The van der Waals surface area contributed by atoms with Crippen LogP contribution in [0.25, 0.3) is 11.0 Å². The highest BCUT2D eigenvalue weighted by molar-refractivity contribution is 6.12. The van der Waals surface area contributed by atoms with E-state index >= 15 is 0 Å². The third-order valence-electron chi connectivity index (χ3n) is 3.70. The Balaban J connectivity index is 1.93. The zero-order chi connectivity index (χ0) is 17.4. The average molecular weight is 327 g/mol. The number of H-pyrrole nitrogens is 1. The van der Waals surface area contributed by atoms with Crippen LogP contribution in [-0.4, -0.2) is 35.9 Å². The fourth-order valence-electron chi connectivity index (χ4n) is 2.75. The van der Waals surface area contributed by atoms with Crippen molar-refractivity contribution in [1.29, 1.82) is 0 Å². The number of rotatable bonds is 4. The van der Waals surface area contributed by atoms with Crippen LogP contribution in [-0.2, 0) is 13.5 Å². The van der Waals surface area contributed by atoms with Crippen molar-refractivity contribution in [3.63, 3.8) is 0 Å². The number of carbonyl (C=O) groups is 1. The first-order valence-corrected chi connectivity index (χ1v) is 7.88. The van der Waals surface area contributed by atoms with Gasteiger partial charge in [-0.2, -0.15) is 10.1 Å². The van der Waals surface area contributed by atoms with Crippen LogP contribution in [0.2, 0.25) is 0 Å². The fourth-order valence-corrected chi connectivity index (χ4v) is 2.75. The summed E-state index contributed by atoms with van der Waals surface area (Å²) in [4.78, 5) is 21.5. The van der Waals surface area contributed by atoms with E-state index in [-0.39, 0.29) is 11.9 Å². The van der Waals surface area contributed by atoms with E-state index in [9.17, 15) is 4.79 Å². The third-order valence-corrected chi connectivity index (χ3v) is 3.70. The minimum Gasteiger partial charge on any atom is -0.289 e. The van der Waals surface area contributed by atoms with Crippen LogP contribution in [0.3, 0.4) is 0 Å². The molecule has 1 amide bonds. The lowest BCUT2D eigenvalue weighted by Crippen LogP contribution is -2.14. The Labute approximate surface area is 139 Å². The highest BCUT2D eigenvalue weighted by atomic mass is 16.1. The van der Waals surface area contributed by atoms with Crippen LogP contribution in [0.1, 0.15) is 41.4 Å². The minimum atomic E-state index is -0.267. The number of amides is 1. The quantitative estimate of drug-likeness (QED) is 0.764. The average Bonchev–Trinajstić information content (AvgIpc) is 3.02. The van der Waals surface area contributed by atoms with Crippen LogP contribution >= 0.6 is 0 Å². The van der Waals surface area contributed by atoms with E-state index in [0.29, 0.717) is 17.1 Å². The first-order valence-electron chi connectivity index (χ1n) is 7.88. The predicted octanol–water partition coefficient (Wildman–Crippen LogP) is 2.15. The Morgan fingerprint density at radius 1 is 1.33 bits per heavy atom. The SMILES string of the molecule is Cc1cc(C(=O)Nc2n[nH]c(CC(C)C)n2)c2c(C)nn(C)c2n1. The summed E-state index contributed by atoms with van der Waals surface area (Å²) in [6.07, 6.45) is 0.781. The van der Waals surface area contributed by atoms with Crippen LogP contribution in [0.15, 0.2) is 6.07 Å². The summed E-state index contributed by atoms with van der Waals surface area (Å²) < 4.78 is 1.68. The number of nitrogens with zero attached hydrogens (tertiary/aromatic N) is 5. The van der Waals surface area contributed by atoms with Crippen molar-refractivity contribution < 1.29 is 4.79 Å². The molecule has 3 aromatic rings. The maximum absolute atomic E-state index is 12.7. The van der Waals surface area contributed by atoms with Gasteiger partial charge in [0.1, 0.15) is 5.82 Å². The first-order chi connectivity index (χ1) is 11.3. The van der Waals surface area contributed by atoms with Crippen molar-refractivity contribution in [2.45, 2.75) is 34.1 Å². The molecule has 0 aliphatic rings. The summed E-state index contributed by atoms with van der Waals surface area (Å²) in [5.41, 5.74) is 2.73. The second kappa shape index (κ2) is 6.03. The van der Waals surface area contributed by atoms with E-state index in [2.05, 4.69) is 44.4 Å². The van der Waals surface area contributed by atoms with Crippen LogP contribution < -0.4 is 5.32 Å². The Morgan fingerprint density at radius 2 is 2.08 bits per heavy atom. The minimum absolute atomic E-state index is 0.267. The van der Waals surface area contributed by atoms with Crippen molar-refractivity contribution >= 4 is 22.9 Å². The predicted molar refractivity (Wildman–Crippen MR) is 90.9 cm³/mol. The lowest BCUT2D eigenvalue weighted by Gasteiger charge is -2.05. The summed E-state index contributed by atoms with van der Waals surface area (Å²) in [6, 6.07) is 1.76. The largest absolute Gasteiger partial charge is 0.289 e. The monoisotopic (exact) mass is 327 g/mol. The summed E-state index contributed by atoms with van der Waals surface area (Å²) >= 11 is 0. The molecule has 0 atom stereocenters. The number of fused-ring (bicyclic) bond motifs is 1. The number of aryl methyl sites for hydroxylation is 3. The Kier molecular flexibility index (Phi) is 4.04. The normalized spacial score (nSPS) is 11.4. The molecule has 0 fully saturated rings. The molecule has 3 aromatic heterocycles. The van der Waals surface area contributed by atoms with Crippen molar-refractivity contribution in [3.8, 4) is 0 Å². The molecule has 0 aliphatic carbocycles. The van der Waals surface area contributed by atoms with Gasteiger partial charge in [-0.15, -0.1) is 5.10 Å². The maximum atomic E-state index is 12.7. The van der Waals surface area contributed by atoms with Crippen LogP contribution in [0.5, 0.6) is 0 Å². The number of aromatic amines is 1. The molecule has 24 heavy (non-hydrogen) atoms. The molecule has 0 saturated heterocycles. The number of hydrogen-bond acceptors (Lipinski definition) is 5. The van der Waals surface area contributed by atoms with Gasteiger partial charge in [0, 0.05) is 19.2 Å². The zero-order valence-corrected chi connectivity index (χ0v) is 14.5. The van der Waals surface area contributed by atoms with Gasteiger partial charge in [-0.05, 0) is 25.8 Å². The standard InChI is InChI=1S/C16H21N7O/c1-8(2)6-12-18-16(21-20-12)19-15(24)11-7-9(3)17-14-13(11)10(4)22-23(14)5/h7-8H,6H2,1-5H3,(H2,18,19,20,21,24). The van der Waals surface area contributed by atoms with Gasteiger partial charge >= 0.3 is 0 Å². The van der Waals surface area contributed by atoms with E-state index in [4.69, 9.17) is 0 Å². The lowest BCUT2D eigenvalue weighted by atomic mass is 10.1. The summed E-state index contributed by atoms with van der Waals surface area (Å²) in [5, 5.41) is 14.8. The van der Waals surface area contributed by atoms with E-state index in [0.717, 1.165) is 29.0 Å². The highest BCUT2D eigenvalue weighted by Crippen LogP contribution is 2.22. The fraction of sp³-hybridized carbons (Fsp3) is 0.438. The molecule has 0 saturated carbocycles. The molecule has 0 radical (unpaired) electrons. The molecular formula is C16H21N7O. The molecule has 0 bridgehead atoms. The van der Waals surface area contributed by atoms with Gasteiger partial charge in [-0.1, -0.05) is 13.8 Å². The molecule has 8 heteroatoms. The molecule has 0 aliphatic heterocycles. The third kappa shape index (κ3) is 2.99. The van der Waals surface area contributed by atoms with Gasteiger partial charge in [-0.3, -0.25) is 19.9 Å². The summed E-state index contributed by atoms with van der Waals surface area (Å²) in [7, 11) is 1.82. The molecule has 3 rings (SSSR count). The van der Waals surface area contributed by atoms with Gasteiger partial charge in [0.25, 0.3) is 5.91 Å². The maximum Gasteiger partial charge on any atom is 0.258 e. The van der Waals surface area contributed by atoms with Gasteiger partial charge < -0.3 is 0 Å². The number of carbonyl (C=O) groups excluding carboxylic acids is 1. The number of nitrogens with one attached hydrogen (secondary N) is 2. The molecule has 8 nitrogen and oxygen atoms in total. The molecule has 0 aromatic carbocycles. The molecule has 2 N–H and O–H groups in total. The molecule has 3 heterocycles. The van der Waals surface area contributed by atoms with E-state index in [1.54, 1.807) is 10.7 Å². The van der Waals surface area contributed by atoms with Crippen molar-refractivity contribution in [3.05, 3.63) is 28.8 Å². The van der Waals surface area contributed by atoms with E-state index in [1.807, 2.05) is 20.9 Å². The van der Waals surface area contributed by atoms with E-state index in [1.165, 1.54) is 0 Å². The molecule has 0 spiro atoms. The number of aromatic nitrogens is 6. The molecule has 0 unspecified atom stereocenters. The Hall–Kier alpha value is -2.77. The van der Waals surface area contributed by atoms with Gasteiger partial charge in [0.2, 0.25) is 5.95 Å². The smallest absolute Gasteiger partial charge is 0.258 e. The highest BCUT2D eigenvalue weighted by Gasteiger charge is 2.19. The van der Waals surface area contributed by atoms with Crippen LogP contribution in [0.4, 0.5) is 5.95 Å². The van der Waals surface area contributed by atoms with Gasteiger partial charge in [-0.25, -0.2) is 4.98 Å². The zero-order valence-electron chi connectivity index (χ0n) is 14.5. The van der Waals surface area contributed by atoms with Crippen molar-refractivity contribution in [2.24, 2.45) is 13.0 Å². The topological polar surface area (TPSA) is 101 Å². The Morgan fingerprint density at radius 3 is 2.79 bits per heavy atom. The number of anilines is 1. The number of pyridine rings is 1. The Bertz CT molecular complexity index is 907. The second-order valence-corrected chi connectivity index (χ2v) is 6.38. The lowest BCUT2D eigenvalue weighted by molar-refractivity contribution is 0.102. The van der Waals surface area contributed by atoms with Crippen molar-refractivity contribution in [1.82, 2.24) is 29.9 Å². The second-order valence-electron chi connectivity index (χ2n) is 6.38. The molecule has 126 valence electrons. The van der Waals surface area contributed by atoms with Crippen molar-refractivity contribution in [2.75, 3.05) is 5.32 Å². The summed E-state index contributed by atoms with van der Waals surface area (Å²) in [6.45, 7) is 7.92. The van der Waals surface area contributed by atoms with E-state index < -0.39 is 0 Å². The first kappa shape index (κ1) is 16.1. The van der Waals surface area contributed by atoms with Gasteiger partial charge in [0.05, 0.1) is 16.6 Å².